The van der Waals surface area contributed by atoms with E-state index in [2.05, 4.69) is 36.4 Å². The number of ether oxygens (including phenoxy) is 3. The summed E-state index contributed by atoms with van der Waals surface area (Å²) in [6.45, 7) is 9.50. The van der Waals surface area contributed by atoms with E-state index < -0.39 is 13.2 Å². The summed E-state index contributed by atoms with van der Waals surface area (Å²) in [6, 6.07) is 23.9. The van der Waals surface area contributed by atoms with Crippen LogP contribution < -0.4 is 30.1 Å². The maximum atomic E-state index is 13.5. The number of hydrogen-bond acceptors (Lipinski definition) is 7. The van der Waals surface area contributed by atoms with E-state index in [0.29, 0.717) is 46.1 Å². The first-order chi connectivity index (χ1) is 22.8. The molecular formula is C38H42N3O6P. The van der Waals surface area contributed by atoms with Crippen molar-refractivity contribution in [2.24, 2.45) is 0 Å². The van der Waals surface area contributed by atoms with Crippen molar-refractivity contribution < 1.29 is 28.7 Å². The zero-order valence-electron chi connectivity index (χ0n) is 28.4. The van der Waals surface area contributed by atoms with E-state index in [9.17, 15) is 14.5 Å². The first-order valence-electron chi connectivity index (χ1n) is 15.6. The van der Waals surface area contributed by atoms with Gasteiger partial charge < -0.3 is 34.5 Å². The molecule has 5 rings (SSSR count). The lowest BCUT2D eigenvalue weighted by Crippen LogP contribution is -2.23. The van der Waals surface area contributed by atoms with Gasteiger partial charge in [0.2, 0.25) is 0 Å². The average Bonchev–Trinajstić information content (AvgIpc) is 3.04. The summed E-state index contributed by atoms with van der Waals surface area (Å²) in [4.78, 5) is 18.0. The highest BCUT2D eigenvalue weighted by Gasteiger charge is 2.26. The molecule has 250 valence electrons. The molecule has 0 aliphatic rings. The van der Waals surface area contributed by atoms with E-state index in [-0.39, 0.29) is 12.0 Å². The summed E-state index contributed by atoms with van der Waals surface area (Å²) in [5.74, 6) is 2.29. The minimum absolute atomic E-state index is 0.0826. The molecule has 0 spiro atoms. The third-order valence-corrected chi connectivity index (χ3v) is 9.44. The average molecular weight is 668 g/mol. The Morgan fingerprint density at radius 3 is 2.21 bits per heavy atom. The molecule has 0 unspecified atom stereocenters. The van der Waals surface area contributed by atoms with Gasteiger partial charge in [-0.25, -0.2) is 4.79 Å². The SMILES string of the molecule is COc1cc(CO)cc(Cc2cc(Oc3ccc(NC(=O)Nc4cc(C(C)(C)C)cc(P(C)(C)=O)c4OC)c4ccccc34)ccn2)c1. The second-order valence-electron chi connectivity index (χ2n) is 13.0. The smallest absolute Gasteiger partial charge is 0.323 e. The fourth-order valence-electron chi connectivity index (χ4n) is 5.49. The Morgan fingerprint density at radius 2 is 1.54 bits per heavy atom. The topological polar surface area (TPSA) is 119 Å². The van der Waals surface area contributed by atoms with Crippen LogP contribution in [0.3, 0.4) is 0 Å². The molecule has 1 aromatic heterocycles. The third-order valence-electron chi connectivity index (χ3n) is 7.95. The third kappa shape index (κ3) is 7.98. The molecule has 0 fully saturated rings. The number of pyridine rings is 1. The van der Waals surface area contributed by atoms with Crippen LogP contribution in [0.15, 0.2) is 85.1 Å². The van der Waals surface area contributed by atoms with E-state index in [1.807, 2.05) is 60.7 Å². The predicted molar refractivity (Wildman–Crippen MR) is 193 cm³/mol. The molecule has 0 aliphatic carbocycles. The van der Waals surface area contributed by atoms with Crippen molar-refractivity contribution in [2.75, 3.05) is 38.2 Å². The van der Waals surface area contributed by atoms with Gasteiger partial charge in [-0.15, -0.1) is 0 Å². The number of nitrogens with one attached hydrogen (secondary N) is 2. The Kier molecular flexibility index (Phi) is 10.1. The van der Waals surface area contributed by atoms with Crippen LogP contribution in [0.5, 0.6) is 23.0 Å². The lowest BCUT2D eigenvalue weighted by atomic mass is 9.86. The number of hydrogen-bond donors (Lipinski definition) is 3. The Hall–Kier alpha value is -4.85. The summed E-state index contributed by atoms with van der Waals surface area (Å²) in [5, 5.41) is 17.7. The molecule has 0 bridgehead atoms. The minimum Gasteiger partial charge on any atom is -0.497 e. The van der Waals surface area contributed by atoms with Crippen molar-refractivity contribution in [1.82, 2.24) is 4.98 Å². The molecule has 2 amide bonds. The number of amides is 2. The number of rotatable bonds is 10. The molecule has 48 heavy (non-hydrogen) atoms. The summed E-state index contributed by atoms with van der Waals surface area (Å²) < 4.78 is 30.6. The van der Waals surface area contributed by atoms with Gasteiger partial charge in [-0.3, -0.25) is 4.98 Å². The van der Waals surface area contributed by atoms with E-state index in [4.69, 9.17) is 14.2 Å². The van der Waals surface area contributed by atoms with Gasteiger partial charge >= 0.3 is 6.03 Å². The molecule has 9 nitrogen and oxygen atoms in total. The predicted octanol–water partition coefficient (Wildman–Crippen LogP) is 8.32. The van der Waals surface area contributed by atoms with E-state index in [0.717, 1.165) is 33.2 Å². The molecular weight excluding hydrogens is 625 g/mol. The van der Waals surface area contributed by atoms with Gasteiger partial charge in [0, 0.05) is 35.2 Å². The highest BCUT2D eigenvalue weighted by molar-refractivity contribution is 7.70. The fraction of sp³-hybridized carbons (Fsp3) is 0.263. The number of anilines is 2. The number of urea groups is 1. The van der Waals surface area contributed by atoms with Crippen LogP contribution in [0.2, 0.25) is 0 Å². The van der Waals surface area contributed by atoms with Crippen LogP contribution in [0.25, 0.3) is 10.8 Å². The monoisotopic (exact) mass is 667 g/mol. The van der Waals surface area contributed by atoms with Gasteiger partial charge in [0.05, 0.1) is 37.5 Å². The van der Waals surface area contributed by atoms with Gasteiger partial charge in [0.1, 0.15) is 24.4 Å². The van der Waals surface area contributed by atoms with Crippen LogP contribution in [0.1, 0.15) is 43.2 Å². The molecule has 1 heterocycles. The van der Waals surface area contributed by atoms with E-state index in [1.165, 1.54) is 7.11 Å². The van der Waals surface area contributed by atoms with Crippen LogP contribution in [0, 0.1) is 0 Å². The van der Waals surface area contributed by atoms with Gasteiger partial charge in [-0.2, -0.15) is 0 Å². The number of aromatic nitrogens is 1. The normalized spacial score (nSPS) is 11.7. The molecule has 0 radical (unpaired) electrons. The Morgan fingerprint density at radius 1 is 0.833 bits per heavy atom. The number of fused-ring (bicyclic) bond motifs is 1. The zero-order chi connectivity index (χ0) is 34.6. The molecule has 0 aliphatic heterocycles. The summed E-state index contributed by atoms with van der Waals surface area (Å²) in [7, 11) is 0.380. The zero-order valence-corrected chi connectivity index (χ0v) is 29.3. The van der Waals surface area contributed by atoms with Crippen molar-refractivity contribution in [2.45, 2.75) is 39.2 Å². The maximum absolute atomic E-state index is 13.5. The summed E-state index contributed by atoms with van der Waals surface area (Å²) >= 11 is 0. The fourth-order valence-corrected chi connectivity index (χ4v) is 6.64. The Labute approximate surface area is 281 Å². The Balaban J connectivity index is 1.40. The maximum Gasteiger partial charge on any atom is 0.323 e. The van der Waals surface area contributed by atoms with Gasteiger partial charge in [-0.05, 0) is 77.9 Å². The largest absolute Gasteiger partial charge is 0.497 e. The van der Waals surface area contributed by atoms with Crippen molar-refractivity contribution in [3.63, 3.8) is 0 Å². The molecule has 0 saturated carbocycles. The highest BCUT2D eigenvalue weighted by atomic mass is 31.2. The highest BCUT2D eigenvalue weighted by Crippen LogP contribution is 2.43. The molecule has 4 aromatic carbocycles. The number of benzene rings is 4. The van der Waals surface area contributed by atoms with Crippen LogP contribution in [0.4, 0.5) is 16.2 Å². The second kappa shape index (κ2) is 14.1. The van der Waals surface area contributed by atoms with E-state index in [1.54, 1.807) is 44.8 Å². The van der Waals surface area contributed by atoms with Crippen molar-refractivity contribution in [1.29, 1.82) is 0 Å². The summed E-state index contributed by atoms with van der Waals surface area (Å²) in [6.07, 6.45) is 2.23. The van der Waals surface area contributed by atoms with Crippen molar-refractivity contribution in [3.05, 3.63) is 107 Å². The number of carbonyl (C=O) groups excluding carboxylic acids is 1. The van der Waals surface area contributed by atoms with Crippen molar-refractivity contribution >= 4 is 40.6 Å². The number of methoxy groups -OCH3 is 2. The molecule has 0 atom stereocenters. The first kappa shape index (κ1) is 34.5. The van der Waals surface area contributed by atoms with Crippen LogP contribution in [-0.2, 0) is 23.0 Å². The van der Waals surface area contributed by atoms with Gasteiger partial charge in [0.15, 0.2) is 5.75 Å². The van der Waals surface area contributed by atoms with Crippen LogP contribution >= 0.6 is 7.14 Å². The number of aliphatic hydroxyl groups excluding tert-OH is 1. The molecule has 5 aromatic rings. The van der Waals surface area contributed by atoms with E-state index >= 15 is 0 Å². The molecule has 0 saturated heterocycles. The number of aliphatic hydroxyl groups is 1. The quantitative estimate of drug-likeness (QED) is 0.128. The second-order valence-corrected chi connectivity index (χ2v) is 16.2. The standard InChI is InChI=1S/C38H42N3O6P/c1-38(2,3)26-20-33(36(46-5)35(21-26)48(6,7)44)41-37(43)40-32-12-13-34(31-11-9-8-10-30(31)32)47-28-14-15-39-27(22-28)17-24-16-25(23-42)19-29(18-24)45-4/h8-16,18-22,42H,17,23H2,1-7H3,(H2,40,41,43). The molecule has 10 heteroatoms. The first-order valence-corrected chi connectivity index (χ1v) is 18.2. The van der Waals surface area contributed by atoms with Crippen molar-refractivity contribution in [3.8, 4) is 23.0 Å². The Bertz CT molecular complexity index is 1990. The lowest BCUT2D eigenvalue weighted by molar-refractivity contribution is 0.262. The number of nitrogens with zero attached hydrogens (tertiary/aromatic N) is 1. The van der Waals surface area contributed by atoms with Gasteiger partial charge in [0.25, 0.3) is 0 Å². The van der Waals surface area contributed by atoms with Gasteiger partial charge in [-0.1, -0.05) is 51.1 Å². The number of carbonyl (C=O) groups is 1. The molecule has 3 N–H and O–H groups in total. The van der Waals surface area contributed by atoms with Crippen LogP contribution in [-0.4, -0.2) is 43.7 Å². The lowest BCUT2D eigenvalue weighted by Gasteiger charge is -2.25. The minimum atomic E-state index is -2.73. The summed E-state index contributed by atoms with van der Waals surface area (Å²) in [5.41, 5.74) is 4.23.